The van der Waals surface area contributed by atoms with Crippen molar-refractivity contribution in [1.29, 1.82) is 0 Å². The zero-order chi connectivity index (χ0) is 34.7. The predicted octanol–water partition coefficient (Wildman–Crippen LogP) is 3.99. The number of amides is 1. The normalized spacial score (nSPS) is 23.4. The van der Waals surface area contributed by atoms with Crippen LogP contribution in [0.2, 0.25) is 0 Å². The summed E-state index contributed by atoms with van der Waals surface area (Å²) < 4.78 is 11.1. The molecule has 1 amide bonds. The number of rotatable bonds is 31. The summed E-state index contributed by atoms with van der Waals surface area (Å²) in [6.45, 7) is 1.56. The van der Waals surface area contributed by atoms with E-state index in [0.29, 0.717) is 12.8 Å². The molecular weight excluding hydrogens is 606 g/mol. The fourth-order valence-electron chi connectivity index (χ4n) is 6.18. The molecule has 0 aliphatic carbocycles. The van der Waals surface area contributed by atoms with Crippen molar-refractivity contribution in [3.63, 3.8) is 0 Å². The quantitative estimate of drug-likeness (QED) is 0.0498. The second-order valence-corrected chi connectivity index (χ2v) is 13.6. The highest BCUT2D eigenvalue weighted by Crippen LogP contribution is 2.23. The van der Waals surface area contributed by atoms with Gasteiger partial charge in [-0.15, -0.1) is 0 Å². The number of aliphatic hydroxyl groups is 7. The number of aliphatic hydroxyl groups excluding tert-OH is 7. The molecule has 1 unspecified atom stereocenters. The van der Waals surface area contributed by atoms with Gasteiger partial charge in [-0.05, 0) is 19.3 Å². The molecule has 280 valence electrons. The summed E-state index contributed by atoms with van der Waals surface area (Å²) >= 11 is 0. The highest BCUT2D eigenvalue weighted by Gasteiger charge is 2.44. The summed E-state index contributed by atoms with van der Waals surface area (Å²) in [5.74, 6) is -0.284. The lowest BCUT2D eigenvalue weighted by Crippen LogP contribution is -2.60. The molecule has 0 radical (unpaired) electrons. The molecule has 11 heteroatoms. The van der Waals surface area contributed by atoms with Gasteiger partial charge in [0.15, 0.2) is 6.29 Å². The van der Waals surface area contributed by atoms with Gasteiger partial charge < -0.3 is 50.5 Å². The Bertz CT molecular complexity index is 730. The van der Waals surface area contributed by atoms with Crippen LogP contribution in [0.4, 0.5) is 0 Å². The summed E-state index contributed by atoms with van der Waals surface area (Å²) in [6, 6.07) is -0.999. The van der Waals surface area contributed by atoms with Gasteiger partial charge in [-0.25, -0.2) is 0 Å². The van der Waals surface area contributed by atoms with Gasteiger partial charge in [0.1, 0.15) is 30.5 Å². The SMILES string of the molecule is CCCCCCCCCCCCCC[C@@H](O)[C@@H](O)[C@H](CO[C@H]1OC(CO)[C@H](O)[C@@H](O)[C@@H]1O)NC(=O)CCCCCCCCCCCO. The van der Waals surface area contributed by atoms with Gasteiger partial charge >= 0.3 is 0 Å². The first-order chi connectivity index (χ1) is 22.8. The molecule has 47 heavy (non-hydrogen) atoms. The van der Waals surface area contributed by atoms with Crippen LogP contribution in [0, 0.1) is 0 Å². The molecule has 1 heterocycles. The van der Waals surface area contributed by atoms with Gasteiger partial charge in [0.2, 0.25) is 5.91 Å². The van der Waals surface area contributed by atoms with Crippen molar-refractivity contribution in [2.24, 2.45) is 0 Å². The van der Waals surface area contributed by atoms with Gasteiger partial charge in [0.05, 0.1) is 25.4 Å². The van der Waals surface area contributed by atoms with Gasteiger partial charge in [0.25, 0.3) is 0 Å². The topological polar surface area (TPSA) is 189 Å². The maximum atomic E-state index is 12.8. The highest BCUT2D eigenvalue weighted by atomic mass is 16.7. The maximum absolute atomic E-state index is 12.8. The van der Waals surface area contributed by atoms with Gasteiger partial charge in [-0.2, -0.15) is 0 Å². The summed E-state index contributed by atoms with van der Waals surface area (Å²) in [6.07, 6.45) is 14.2. The number of hydrogen-bond acceptors (Lipinski definition) is 10. The Labute approximate surface area is 284 Å². The number of carbonyl (C=O) groups excluding carboxylic acids is 1. The number of carbonyl (C=O) groups is 1. The highest BCUT2D eigenvalue weighted by molar-refractivity contribution is 5.76. The summed E-state index contributed by atoms with van der Waals surface area (Å²) in [4.78, 5) is 12.8. The predicted molar refractivity (Wildman–Crippen MR) is 183 cm³/mol. The average Bonchev–Trinajstić information content (AvgIpc) is 3.07. The summed E-state index contributed by atoms with van der Waals surface area (Å²) in [5.41, 5.74) is 0. The largest absolute Gasteiger partial charge is 0.396 e. The first-order valence-corrected chi connectivity index (χ1v) is 18.9. The van der Waals surface area contributed by atoms with Crippen LogP contribution in [0.1, 0.15) is 155 Å². The second-order valence-electron chi connectivity index (χ2n) is 13.6. The molecule has 8 atom stereocenters. The van der Waals surface area contributed by atoms with E-state index in [4.69, 9.17) is 14.6 Å². The van der Waals surface area contributed by atoms with Crippen molar-refractivity contribution in [2.75, 3.05) is 19.8 Å². The van der Waals surface area contributed by atoms with Gasteiger partial charge in [-0.1, -0.05) is 129 Å². The van der Waals surface area contributed by atoms with Crippen molar-refractivity contribution in [2.45, 2.75) is 204 Å². The van der Waals surface area contributed by atoms with E-state index in [1.54, 1.807) is 0 Å². The Morgan fingerprint density at radius 3 is 1.68 bits per heavy atom. The van der Waals surface area contributed by atoms with Crippen molar-refractivity contribution >= 4 is 5.91 Å². The van der Waals surface area contributed by atoms with Crippen LogP contribution >= 0.6 is 0 Å². The molecule has 1 fully saturated rings. The molecule has 1 saturated heterocycles. The molecule has 11 nitrogen and oxygen atoms in total. The summed E-state index contributed by atoms with van der Waals surface area (Å²) in [7, 11) is 0. The molecule has 1 aliphatic rings. The van der Waals surface area contributed by atoms with E-state index in [-0.39, 0.29) is 25.5 Å². The molecule has 0 bridgehead atoms. The van der Waals surface area contributed by atoms with Crippen molar-refractivity contribution in [3.8, 4) is 0 Å². The van der Waals surface area contributed by atoms with Crippen LogP contribution in [-0.4, -0.2) is 110 Å². The second kappa shape index (κ2) is 28.9. The third-order valence-electron chi connectivity index (χ3n) is 9.36. The van der Waals surface area contributed by atoms with Crippen molar-refractivity contribution in [3.05, 3.63) is 0 Å². The van der Waals surface area contributed by atoms with E-state index in [0.717, 1.165) is 77.0 Å². The Hall–Kier alpha value is -0.890. The standard InChI is InChI=1S/C36H71NO10/c1-2-3-4-5-6-7-8-9-11-14-17-20-23-29(40)32(42)28(27-46-36-35(45)34(44)33(43)30(26-39)47-36)37-31(41)24-21-18-15-12-10-13-16-19-22-25-38/h28-30,32-36,38-40,42-45H,2-27H2,1H3,(H,37,41)/t28-,29+,30?,32-,33-,34+,35-,36-/m0/s1. The Kier molecular flexibility index (Phi) is 27.1. The van der Waals surface area contributed by atoms with E-state index in [1.807, 2.05) is 0 Å². The van der Waals surface area contributed by atoms with Crippen LogP contribution in [0.5, 0.6) is 0 Å². The number of ether oxygens (including phenoxy) is 2. The van der Waals surface area contributed by atoms with Crippen LogP contribution in [0.25, 0.3) is 0 Å². The van der Waals surface area contributed by atoms with Gasteiger partial charge in [0, 0.05) is 13.0 Å². The lowest BCUT2D eigenvalue weighted by atomic mass is 9.98. The minimum Gasteiger partial charge on any atom is -0.396 e. The first-order valence-electron chi connectivity index (χ1n) is 18.9. The number of nitrogens with one attached hydrogen (secondary N) is 1. The van der Waals surface area contributed by atoms with E-state index in [1.165, 1.54) is 51.4 Å². The summed E-state index contributed by atoms with van der Waals surface area (Å²) in [5, 5.41) is 73.5. The van der Waals surface area contributed by atoms with Crippen molar-refractivity contribution in [1.82, 2.24) is 5.32 Å². The molecule has 0 saturated carbocycles. The molecule has 1 aliphatic heterocycles. The van der Waals surface area contributed by atoms with Crippen molar-refractivity contribution < 1.29 is 50.0 Å². The monoisotopic (exact) mass is 678 g/mol. The lowest BCUT2D eigenvalue weighted by molar-refractivity contribution is -0.303. The van der Waals surface area contributed by atoms with E-state index < -0.39 is 55.6 Å². The Morgan fingerprint density at radius 2 is 1.17 bits per heavy atom. The minimum atomic E-state index is -1.61. The third-order valence-corrected chi connectivity index (χ3v) is 9.36. The third kappa shape index (κ3) is 20.4. The van der Waals surface area contributed by atoms with Crippen LogP contribution in [0.3, 0.4) is 0 Å². The zero-order valence-electron chi connectivity index (χ0n) is 29.4. The average molecular weight is 678 g/mol. The molecule has 8 N–H and O–H groups in total. The molecule has 0 aromatic heterocycles. The minimum absolute atomic E-state index is 0.248. The van der Waals surface area contributed by atoms with Gasteiger partial charge in [-0.3, -0.25) is 4.79 Å². The smallest absolute Gasteiger partial charge is 0.220 e. The van der Waals surface area contributed by atoms with Crippen LogP contribution in [0.15, 0.2) is 0 Å². The Morgan fingerprint density at radius 1 is 0.681 bits per heavy atom. The van der Waals surface area contributed by atoms with E-state index >= 15 is 0 Å². The molecular formula is C36H71NO10. The fraction of sp³-hybridized carbons (Fsp3) is 0.972. The van der Waals surface area contributed by atoms with Crippen LogP contribution < -0.4 is 5.32 Å². The van der Waals surface area contributed by atoms with E-state index in [9.17, 15) is 35.4 Å². The molecule has 0 aromatic rings. The number of unbranched alkanes of at least 4 members (excludes halogenated alkanes) is 19. The maximum Gasteiger partial charge on any atom is 0.220 e. The first kappa shape index (κ1) is 44.1. The zero-order valence-corrected chi connectivity index (χ0v) is 29.4. The Balaban J connectivity index is 2.50. The molecule has 1 rings (SSSR count). The lowest BCUT2D eigenvalue weighted by Gasteiger charge is -2.40. The van der Waals surface area contributed by atoms with E-state index in [2.05, 4.69) is 12.2 Å². The fourth-order valence-corrected chi connectivity index (χ4v) is 6.18. The molecule has 0 aromatic carbocycles. The number of hydrogen-bond donors (Lipinski definition) is 8. The van der Waals surface area contributed by atoms with Crippen LogP contribution in [-0.2, 0) is 14.3 Å². The molecule has 0 spiro atoms.